The van der Waals surface area contributed by atoms with Crippen LogP contribution in [0.1, 0.15) is 35.7 Å². The minimum atomic E-state index is -0.627. The fourth-order valence-electron chi connectivity index (χ4n) is 4.22. The SMILES string of the molecule is CCNc1cccc(-c2cn(-c3ccc4c(c3)CN(C3CCC(=O)NC3=O)C4=O)nn2)c1. The van der Waals surface area contributed by atoms with Crippen molar-refractivity contribution in [2.24, 2.45) is 0 Å². The lowest BCUT2D eigenvalue weighted by atomic mass is 10.0. The summed E-state index contributed by atoms with van der Waals surface area (Å²) < 4.78 is 1.68. The third kappa shape index (κ3) is 3.51. The third-order valence-electron chi connectivity index (χ3n) is 5.80. The maximum atomic E-state index is 12.9. The van der Waals surface area contributed by atoms with E-state index >= 15 is 0 Å². The molecule has 1 fully saturated rings. The van der Waals surface area contributed by atoms with Gasteiger partial charge in [-0.15, -0.1) is 5.10 Å². The second-order valence-corrected chi connectivity index (χ2v) is 7.90. The van der Waals surface area contributed by atoms with Crippen molar-refractivity contribution in [1.29, 1.82) is 0 Å². The first kappa shape index (κ1) is 19.9. The summed E-state index contributed by atoms with van der Waals surface area (Å²) in [6, 6.07) is 12.8. The standard InChI is InChI=1S/C23H22N6O3/c1-2-24-16-5-3-4-14(10-16)19-13-29(27-26-19)17-6-7-18-15(11-17)12-28(23(18)32)20-8-9-21(30)25-22(20)31/h3-7,10-11,13,20,24H,2,8-9,12H2,1H3,(H,25,30,31). The van der Waals surface area contributed by atoms with Gasteiger partial charge in [0.15, 0.2) is 0 Å². The van der Waals surface area contributed by atoms with Crippen LogP contribution in [0.25, 0.3) is 16.9 Å². The summed E-state index contributed by atoms with van der Waals surface area (Å²) in [4.78, 5) is 38.1. The molecular weight excluding hydrogens is 408 g/mol. The van der Waals surface area contributed by atoms with Gasteiger partial charge in [-0.05, 0) is 49.2 Å². The fraction of sp³-hybridized carbons (Fsp3) is 0.261. The second kappa shape index (κ2) is 7.92. The van der Waals surface area contributed by atoms with Crippen LogP contribution in [0.5, 0.6) is 0 Å². The number of carbonyl (C=O) groups excluding carboxylic acids is 3. The Morgan fingerprint density at radius 3 is 2.84 bits per heavy atom. The molecule has 32 heavy (non-hydrogen) atoms. The number of hydrogen-bond donors (Lipinski definition) is 2. The largest absolute Gasteiger partial charge is 0.385 e. The molecule has 0 radical (unpaired) electrons. The Kier molecular flexibility index (Phi) is 4.93. The summed E-state index contributed by atoms with van der Waals surface area (Å²) in [7, 11) is 0. The summed E-state index contributed by atoms with van der Waals surface area (Å²) in [6.07, 6.45) is 2.43. The number of aromatic nitrogens is 3. The van der Waals surface area contributed by atoms with Crippen LogP contribution in [0.4, 0.5) is 5.69 Å². The quantitative estimate of drug-likeness (QED) is 0.600. The molecule has 1 atom stereocenters. The molecular formula is C23H22N6O3. The molecule has 162 valence electrons. The average molecular weight is 430 g/mol. The van der Waals surface area contributed by atoms with E-state index in [1.165, 1.54) is 4.90 Å². The molecule has 0 spiro atoms. The molecule has 2 aromatic carbocycles. The van der Waals surface area contributed by atoms with E-state index in [0.29, 0.717) is 18.5 Å². The molecule has 3 amide bonds. The van der Waals surface area contributed by atoms with Gasteiger partial charge in [-0.2, -0.15) is 0 Å². The van der Waals surface area contributed by atoms with Crippen LogP contribution >= 0.6 is 0 Å². The van der Waals surface area contributed by atoms with Crippen LogP contribution in [0, 0.1) is 0 Å². The first-order valence-electron chi connectivity index (χ1n) is 10.6. The molecule has 1 saturated heterocycles. The van der Waals surface area contributed by atoms with Crippen LogP contribution in [0.2, 0.25) is 0 Å². The number of benzene rings is 2. The Morgan fingerprint density at radius 2 is 2.03 bits per heavy atom. The molecule has 0 bridgehead atoms. The summed E-state index contributed by atoms with van der Waals surface area (Å²) in [5.74, 6) is -0.903. The normalized spacial score (nSPS) is 18.0. The number of nitrogens with zero attached hydrogens (tertiary/aromatic N) is 4. The maximum Gasteiger partial charge on any atom is 0.255 e. The Bertz CT molecular complexity index is 1230. The molecule has 9 nitrogen and oxygen atoms in total. The van der Waals surface area contributed by atoms with Gasteiger partial charge >= 0.3 is 0 Å². The van der Waals surface area contributed by atoms with Gasteiger partial charge in [0.25, 0.3) is 5.91 Å². The zero-order chi connectivity index (χ0) is 22.2. The highest BCUT2D eigenvalue weighted by atomic mass is 16.2. The van der Waals surface area contributed by atoms with Gasteiger partial charge in [0, 0.05) is 36.3 Å². The van der Waals surface area contributed by atoms with Gasteiger partial charge in [0.2, 0.25) is 11.8 Å². The predicted octanol–water partition coefficient (Wildman–Crippen LogP) is 2.13. The number of piperidine rings is 1. The van der Waals surface area contributed by atoms with Gasteiger partial charge in [0.05, 0.1) is 11.9 Å². The number of amides is 3. The maximum absolute atomic E-state index is 12.9. The van der Waals surface area contributed by atoms with E-state index in [1.54, 1.807) is 10.7 Å². The van der Waals surface area contributed by atoms with Gasteiger partial charge in [-0.25, -0.2) is 4.68 Å². The molecule has 3 heterocycles. The van der Waals surface area contributed by atoms with Crippen molar-refractivity contribution >= 4 is 23.4 Å². The molecule has 5 rings (SSSR count). The van der Waals surface area contributed by atoms with E-state index in [0.717, 1.165) is 34.7 Å². The number of imide groups is 1. The van der Waals surface area contributed by atoms with Crippen molar-refractivity contribution in [3.63, 3.8) is 0 Å². The summed E-state index contributed by atoms with van der Waals surface area (Å²) in [6.45, 7) is 3.20. The van der Waals surface area contributed by atoms with Crippen molar-refractivity contribution in [1.82, 2.24) is 25.2 Å². The Hall–Kier alpha value is -4.01. The monoisotopic (exact) mass is 430 g/mol. The highest BCUT2D eigenvalue weighted by Crippen LogP contribution is 2.29. The molecule has 2 aliphatic rings. The number of hydrogen-bond acceptors (Lipinski definition) is 6. The smallest absolute Gasteiger partial charge is 0.255 e. The van der Waals surface area contributed by atoms with E-state index in [4.69, 9.17) is 0 Å². The van der Waals surface area contributed by atoms with Crippen LogP contribution in [0.3, 0.4) is 0 Å². The van der Waals surface area contributed by atoms with Crippen molar-refractivity contribution < 1.29 is 14.4 Å². The highest BCUT2D eigenvalue weighted by Gasteiger charge is 2.39. The van der Waals surface area contributed by atoms with Crippen molar-refractivity contribution in [3.8, 4) is 16.9 Å². The van der Waals surface area contributed by atoms with Crippen LogP contribution < -0.4 is 10.6 Å². The van der Waals surface area contributed by atoms with Crippen LogP contribution in [-0.2, 0) is 16.1 Å². The van der Waals surface area contributed by atoms with Crippen LogP contribution in [0.15, 0.2) is 48.7 Å². The molecule has 1 unspecified atom stereocenters. The zero-order valence-electron chi connectivity index (χ0n) is 17.5. The molecule has 1 aromatic heterocycles. The number of fused-ring (bicyclic) bond motifs is 1. The highest BCUT2D eigenvalue weighted by molar-refractivity contribution is 6.05. The van der Waals surface area contributed by atoms with Crippen molar-refractivity contribution in [2.45, 2.75) is 32.4 Å². The fourth-order valence-corrected chi connectivity index (χ4v) is 4.22. The number of rotatable bonds is 5. The lowest BCUT2D eigenvalue weighted by Gasteiger charge is -2.29. The second-order valence-electron chi connectivity index (χ2n) is 7.90. The van der Waals surface area contributed by atoms with Gasteiger partial charge in [0.1, 0.15) is 11.7 Å². The average Bonchev–Trinajstić information content (AvgIpc) is 3.40. The predicted molar refractivity (Wildman–Crippen MR) is 117 cm³/mol. The molecule has 0 aliphatic carbocycles. The van der Waals surface area contributed by atoms with Crippen molar-refractivity contribution in [3.05, 3.63) is 59.8 Å². The minimum absolute atomic E-state index is 0.194. The lowest BCUT2D eigenvalue weighted by molar-refractivity contribution is -0.136. The summed E-state index contributed by atoms with van der Waals surface area (Å²) >= 11 is 0. The number of nitrogens with one attached hydrogen (secondary N) is 2. The Balaban J connectivity index is 1.39. The van der Waals surface area contributed by atoms with Gasteiger partial charge < -0.3 is 10.2 Å². The van der Waals surface area contributed by atoms with Gasteiger partial charge in [-0.1, -0.05) is 17.3 Å². The number of carbonyl (C=O) groups is 3. The molecule has 9 heteroatoms. The van der Waals surface area contributed by atoms with E-state index in [-0.39, 0.29) is 18.2 Å². The first-order chi connectivity index (χ1) is 15.5. The zero-order valence-corrected chi connectivity index (χ0v) is 17.5. The van der Waals surface area contributed by atoms with E-state index in [1.807, 2.05) is 49.5 Å². The molecule has 0 saturated carbocycles. The molecule has 3 aromatic rings. The topological polar surface area (TPSA) is 109 Å². The van der Waals surface area contributed by atoms with Crippen molar-refractivity contribution in [2.75, 3.05) is 11.9 Å². The Labute approximate surface area is 184 Å². The summed E-state index contributed by atoms with van der Waals surface area (Å²) in [5, 5.41) is 14.2. The minimum Gasteiger partial charge on any atom is -0.385 e. The molecule has 2 N–H and O–H groups in total. The molecule has 2 aliphatic heterocycles. The van der Waals surface area contributed by atoms with E-state index < -0.39 is 11.9 Å². The lowest BCUT2D eigenvalue weighted by Crippen LogP contribution is -2.52. The van der Waals surface area contributed by atoms with Crippen LogP contribution in [-0.4, -0.2) is 50.2 Å². The Morgan fingerprint density at radius 1 is 1.16 bits per heavy atom. The third-order valence-corrected chi connectivity index (χ3v) is 5.80. The summed E-state index contributed by atoms with van der Waals surface area (Å²) in [5.41, 5.74) is 4.88. The van der Waals surface area contributed by atoms with E-state index in [2.05, 4.69) is 20.9 Å². The van der Waals surface area contributed by atoms with Gasteiger partial charge in [-0.3, -0.25) is 19.7 Å². The number of anilines is 1. The first-order valence-corrected chi connectivity index (χ1v) is 10.6. The van der Waals surface area contributed by atoms with E-state index in [9.17, 15) is 14.4 Å².